The van der Waals surface area contributed by atoms with Crippen molar-refractivity contribution in [3.8, 4) is 22.6 Å². The normalized spacial score (nSPS) is 10.8. The molecule has 7 nitrogen and oxygen atoms in total. The highest BCUT2D eigenvalue weighted by atomic mass is 19.1. The third kappa shape index (κ3) is 3.52. The van der Waals surface area contributed by atoms with Gasteiger partial charge in [0.15, 0.2) is 6.61 Å². The molecule has 0 N–H and O–H groups in total. The van der Waals surface area contributed by atoms with Crippen LogP contribution in [-0.4, -0.2) is 21.3 Å². The van der Waals surface area contributed by atoms with Crippen molar-refractivity contribution in [2.24, 2.45) is 0 Å². The first kappa shape index (κ1) is 17.6. The smallest absolute Gasteiger partial charge is 0.344 e. The van der Waals surface area contributed by atoms with Crippen molar-refractivity contribution < 1.29 is 23.0 Å². The molecule has 0 amide bonds. The number of rotatable bonds is 5. The summed E-state index contributed by atoms with van der Waals surface area (Å²) >= 11 is 0. The number of esters is 1. The number of benzene rings is 2. The van der Waals surface area contributed by atoms with Gasteiger partial charge in [-0.1, -0.05) is 40.6 Å². The molecule has 0 aliphatic carbocycles. The zero-order valence-corrected chi connectivity index (χ0v) is 14.8. The second-order valence-electron chi connectivity index (χ2n) is 5.92. The Balaban J connectivity index is 1.49. The van der Waals surface area contributed by atoms with E-state index in [2.05, 4.69) is 15.3 Å². The predicted molar refractivity (Wildman–Crippen MR) is 95.5 cm³/mol. The molecular weight excluding hydrogens is 365 g/mol. The Labute approximate surface area is 158 Å². The molecule has 2 aromatic heterocycles. The Bertz CT molecular complexity index is 1100. The highest BCUT2D eigenvalue weighted by molar-refractivity contribution is 5.97. The zero-order valence-electron chi connectivity index (χ0n) is 14.8. The molecule has 0 aliphatic heterocycles. The maximum atomic E-state index is 13.0. The maximum absolute atomic E-state index is 13.0. The fourth-order valence-electron chi connectivity index (χ4n) is 2.63. The lowest BCUT2D eigenvalue weighted by Crippen LogP contribution is -2.07. The quantitative estimate of drug-likeness (QED) is 0.480. The van der Waals surface area contributed by atoms with Gasteiger partial charge in [-0.15, -0.1) is 0 Å². The molecular formula is C20H14FN3O4. The molecule has 0 bridgehead atoms. The Morgan fingerprint density at radius 1 is 1.00 bits per heavy atom. The minimum atomic E-state index is -0.612. The number of hydrogen-bond donors (Lipinski definition) is 0. The number of aromatic nitrogens is 3. The largest absolute Gasteiger partial charge is 0.452 e. The highest BCUT2D eigenvalue weighted by Gasteiger charge is 2.23. The van der Waals surface area contributed by atoms with Crippen molar-refractivity contribution in [3.63, 3.8) is 0 Å². The lowest BCUT2D eigenvalue weighted by Gasteiger charge is -2.03. The molecule has 0 saturated carbocycles. The molecule has 8 heteroatoms. The lowest BCUT2D eigenvalue weighted by molar-refractivity contribution is 0.0428. The fourth-order valence-corrected chi connectivity index (χ4v) is 2.63. The summed E-state index contributed by atoms with van der Waals surface area (Å²) in [5, 5.41) is 7.76. The van der Waals surface area contributed by atoms with Gasteiger partial charge in [-0.25, -0.2) is 9.18 Å². The molecule has 0 fully saturated rings. The van der Waals surface area contributed by atoms with Crippen LogP contribution in [0.1, 0.15) is 22.0 Å². The van der Waals surface area contributed by atoms with Crippen molar-refractivity contribution in [3.05, 3.63) is 77.6 Å². The summed E-state index contributed by atoms with van der Waals surface area (Å²) in [7, 11) is 0. The van der Waals surface area contributed by atoms with Crippen LogP contribution in [0.5, 0.6) is 0 Å². The average Bonchev–Trinajstić information content (AvgIpc) is 3.34. The molecule has 4 aromatic rings. The number of hydrogen-bond acceptors (Lipinski definition) is 7. The van der Waals surface area contributed by atoms with Crippen LogP contribution in [-0.2, 0) is 11.3 Å². The summed E-state index contributed by atoms with van der Waals surface area (Å²) in [6.45, 7) is 1.42. The number of carbonyl (C=O) groups excluding carboxylic acids is 1. The summed E-state index contributed by atoms with van der Waals surface area (Å²) in [5.74, 6) is -0.236. The van der Waals surface area contributed by atoms with Gasteiger partial charge >= 0.3 is 5.97 Å². The molecule has 0 atom stereocenters. The van der Waals surface area contributed by atoms with E-state index in [0.29, 0.717) is 17.0 Å². The van der Waals surface area contributed by atoms with Gasteiger partial charge in [-0.05, 0) is 31.2 Å². The first-order valence-corrected chi connectivity index (χ1v) is 8.39. The lowest BCUT2D eigenvalue weighted by atomic mass is 10.1. The van der Waals surface area contributed by atoms with Crippen LogP contribution in [0.2, 0.25) is 0 Å². The molecule has 0 unspecified atom stereocenters. The SMILES string of the molecule is Cc1onc(-c2ccccc2)c1C(=O)OCc1nc(-c2ccc(F)cc2)no1. The van der Waals surface area contributed by atoms with E-state index in [-0.39, 0.29) is 29.7 Å². The van der Waals surface area contributed by atoms with Gasteiger partial charge in [0.1, 0.15) is 22.8 Å². The van der Waals surface area contributed by atoms with Crippen LogP contribution in [0.15, 0.2) is 63.6 Å². The summed E-state index contributed by atoms with van der Waals surface area (Å²) in [6.07, 6.45) is 0. The molecule has 0 radical (unpaired) electrons. The number of ether oxygens (including phenoxy) is 1. The van der Waals surface area contributed by atoms with Gasteiger partial charge in [0.25, 0.3) is 5.89 Å². The van der Waals surface area contributed by atoms with Gasteiger partial charge in [-0.3, -0.25) is 0 Å². The topological polar surface area (TPSA) is 91.2 Å². The Hall–Kier alpha value is -3.81. The molecule has 28 heavy (non-hydrogen) atoms. The van der Waals surface area contributed by atoms with Gasteiger partial charge in [0, 0.05) is 11.1 Å². The third-order valence-corrected chi connectivity index (χ3v) is 4.01. The summed E-state index contributed by atoms with van der Waals surface area (Å²) < 4.78 is 28.5. The number of carbonyl (C=O) groups is 1. The summed E-state index contributed by atoms with van der Waals surface area (Å²) in [4.78, 5) is 16.7. The van der Waals surface area contributed by atoms with Gasteiger partial charge in [-0.2, -0.15) is 4.98 Å². The number of halogens is 1. The van der Waals surface area contributed by atoms with Crippen molar-refractivity contribution in [1.82, 2.24) is 15.3 Å². The predicted octanol–water partition coefficient (Wildman–Crippen LogP) is 4.20. The fraction of sp³-hybridized carbons (Fsp3) is 0.100. The molecule has 4 rings (SSSR count). The van der Waals surface area contributed by atoms with E-state index in [1.165, 1.54) is 24.3 Å². The monoisotopic (exact) mass is 379 g/mol. The van der Waals surface area contributed by atoms with E-state index in [1.807, 2.05) is 30.3 Å². The molecule has 0 aliphatic rings. The van der Waals surface area contributed by atoms with Gasteiger partial charge < -0.3 is 13.8 Å². The van der Waals surface area contributed by atoms with Crippen LogP contribution in [0, 0.1) is 12.7 Å². The van der Waals surface area contributed by atoms with E-state index in [4.69, 9.17) is 13.8 Å². The molecule has 0 spiro atoms. The van der Waals surface area contributed by atoms with E-state index in [1.54, 1.807) is 6.92 Å². The van der Waals surface area contributed by atoms with Crippen molar-refractivity contribution >= 4 is 5.97 Å². The molecule has 0 saturated heterocycles. The molecule has 2 aromatic carbocycles. The van der Waals surface area contributed by atoms with Gasteiger partial charge in [0.2, 0.25) is 5.82 Å². The van der Waals surface area contributed by atoms with Crippen LogP contribution in [0.4, 0.5) is 4.39 Å². The van der Waals surface area contributed by atoms with E-state index >= 15 is 0 Å². The van der Waals surface area contributed by atoms with E-state index in [0.717, 1.165) is 5.56 Å². The number of nitrogens with zero attached hydrogens (tertiary/aromatic N) is 3. The minimum Gasteiger partial charge on any atom is -0.452 e. The first-order valence-electron chi connectivity index (χ1n) is 8.39. The van der Waals surface area contributed by atoms with Crippen molar-refractivity contribution in [2.75, 3.05) is 0 Å². The third-order valence-electron chi connectivity index (χ3n) is 4.01. The van der Waals surface area contributed by atoms with Gasteiger partial charge in [0.05, 0.1) is 0 Å². The maximum Gasteiger partial charge on any atom is 0.344 e. The average molecular weight is 379 g/mol. The Morgan fingerprint density at radius 2 is 1.75 bits per heavy atom. The van der Waals surface area contributed by atoms with Crippen LogP contribution < -0.4 is 0 Å². The van der Waals surface area contributed by atoms with Crippen LogP contribution in [0.3, 0.4) is 0 Å². The second kappa shape index (κ2) is 7.43. The first-order chi connectivity index (χ1) is 13.6. The molecule has 140 valence electrons. The number of aryl methyl sites for hydroxylation is 1. The van der Waals surface area contributed by atoms with Crippen molar-refractivity contribution in [1.29, 1.82) is 0 Å². The zero-order chi connectivity index (χ0) is 19.5. The van der Waals surface area contributed by atoms with E-state index < -0.39 is 5.97 Å². The minimum absolute atomic E-state index is 0.114. The van der Waals surface area contributed by atoms with Crippen LogP contribution in [0.25, 0.3) is 22.6 Å². The second-order valence-corrected chi connectivity index (χ2v) is 5.92. The van der Waals surface area contributed by atoms with Crippen LogP contribution >= 0.6 is 0 Å². The summed E-state index contributed by atoms with van der Waals surface area (Å²) in [5.41, 5.74) is 1.97. The Kier molecular flexibility index (Phi) is 4.67. The van der Waals surface area contributed by atoms with E-state index in [9.17, 15) is 9.18 Å². The summed E-state index contributed by atoms with van der Waals surface area (Å²) in [6, 6.07) is 14.8. The molecule has 2 heterocycles. The standard InChI is InChI=1S/C20H14FN3O4/c1-12-17(18(23-27-12)13-5-3-2-4-6-13)20(25)26-11-16-22-19(24-28-16)14-7-9-15(21)10-8-14/h2-10H,11H2,1H3. The van der Waals surface area contributed by atoms with Crippen molar-refractivity contribution in [2.45, 2.75) is 13.5 Å². The highest BCUT2D eigenvalue weighted by Crippen LogP contribution is 2.26. The Morgan fingerprint density at radius 3 is 2.50 bits per heavy atom.